The van der Waals surface area contributed by atoms with Gasteiger partial charge in [0.25, 0.3) is 11.8 Å². The van der Waals surface area contributed by atoms with Crippen LogP contribution in [0.5, 0.6) is 5.75 Å². The molecule has 5 rings (SSSR count). The lowest BCUT2D eigenvalue weighted by molar-refractivity contribution is -0.147. The van der Waals surface area contributed by atoms with Crippen LogP contribution in [-0.4, -0.2) is 68.4 Å². The van der Waals surface area contributed by atoms with E-state index >= 15 is 0 Å². The smallest absolute Gasteiger partial charge is 0.412 e. The topological polar surface area (TPSA) is 219 Å². The second-order valence-electron chi connectivity index (χ2n) is 15.3. The molecule has 15 nitrogen and oxygen atoms in total. The first kappa shape index (κ1) is 41.3. The summed E-state index contributed by atoms with van der Waals surface area (Å²) in [6.45, 7) is 10.4. The summed E-state index contributed by atoms with van der Waals surface area (Å²) in [5.41, 5.74) is -5.28. The van der Waals surface area contributed by atoms with E-state index in [1.54, 1.807) is 41.5 Å². The number of hydrogen-bond acceptors (Lipinski definition) is 9. The predicted octanol–water partition coefficient (Wildman–Crippen LogP) is 6.56. The molecule has 1 aliphatic carbocycles. The van der Waals surface area contributed by atoms with Gasteiger partial charge in [-0.15, -0.1) is 0 Å². The maximum Gasteiger partial charge on any atom is 0.412 e. The van der Waals surface area contributed by atoms with Crippen molar-refractivity contribution >= 4 is 47.3 Å². The first-order chi connectivity index (χ1) is 26.7. The minimum atomic E-state index is -2.61. The summed E-state index contributed by atoms with van der Waals surface area (Å²) in [7, 11) is 0. The molecule has 0 aliphatic heterocycles. The number of carbonyl (C=O) groups excluding carboxylic acids is 4. The number of benzene rings is 4. The fourth-order valence-electron chi connectivity index (χ4n) is 6.26. The molecule has 2 atom stereocenters. The van der Waals surface area contributed by atoms with Crippen molar-refractivity contribution in [1.29, 1.82) is 0 Å². The molecular formula is C42H44N4O11. The second-order valence-corrected chi connectivity index (χ2v) is 15.3. The van der Waals surface area contributed by atoms with Gasteiger partial charge in [0.15, 0.2) is 11.1 Å². The number of ether oxygens (including phenoxy) is 3. The number of rotatable bonds is 12. The van der Waals surface area contributed by atoms with Crippen LogP contribution in [0.2, 0.25) is 0 Å². The van der Waals surface area contributed by atoms with E-state index in [1.807, 2.05) is 30.3 Å². The minimum Gasteiger partial charge on any atom is -0.489 e. The Kier molecular flexibility index (Phi) is 11.6. The Bertz CT molecular complexity index is 2030. The van der Waals surface area contributed by atoms with Crippen LogP contribution in [0.4, 0.5) is 21.0 Å². The molecule has 0 aromatic heterocycles. The van der Waals surface area contributed by atoms with Crippen LogP contribution in [0.25, 0.3) is 0 Å². The second kappa shape index (κ2) is 16.1. The average Bonchev–Trinajstić information content (AvgIpc) is 3.72. The van der Waals surface area contributed by atoms with Gasteiger partial charge in [-0.05, 0) is 113 Å². The molecule has 0 spiro atoms. The molecule has 0 heterocycles. The number of amides is 4. The Morgan fingerprint density at radius 3 is 1.35 bits per heavy atom. The van der Waals surface area contributed by atoms with Gasteiger partial charge in [-0.3, -0.25) is 20.2 Å². The highest BCUT2D eigenvalue weighted by atomic mass is 16.6. The lowest BCUT2D eigenvalue weighted by Gasteiger charge is -2.22. The monoisotopic (exact) mass is 780 g/mol. The Morgan fingerprint density at radius 1 is 0.579 bits per heavy atom. The molecule has 2 unspecified atom stereocenters. The first-order valence-corrected chi connectivity index (χ1v) is 17.8. The number of carboxylic acid groups (broad SMARTS) is 2. The molecule has 6 N–H and O–H groups in total. The van der Waals surface area contributed by atoms with Crippen molar-refractivity contribution in [2.75, 3.05) is 10.6 Å². The Morgan fingerprint density at radius 2 is 0.982 bits per heavy atom. The lowest BCUT2D eigenvalue weighted by Crippen LogP contribution is -2.59. The van der Waals surface area contributed by atoms with E-state index < -0.39 is 64.1 Å². The summed E-state index contributed by atoms with van der Waals surface area (Å²) in [5.74, 6) is -6.52. The zero-order chi connectivity index (χ0) is 41.8. The maximum absolute atomic E-state index is 13.8. The van der Waals surface area contributed by atoms with E-state index in [-0.39, 0.29) is 34.7 Å². The van der Waals surface area contributed by atoms with E-state index in [4.69, 9.17) is 14.2 Å². The Hall–Kier alpha value is -6.90. The van der Waals surface area contributed by atoms with Crippen LogP contribution < -0.4 is 26.0 Å². The van der Waals surface area contributed by atoms with Gasteiger partial charge in [0.05, 0.1) is 5.92 Å². The molecule has 1 fully saturated rings. The van der Waals surface area contributed by atoms with Crippen molar-refractivity contribution in [3.8, 4) is 5.75 Å². The van der Waals surface area contributed by atoms with Crippen molar-refractivity contribution in [1.82, 2.24) is 10.6 Å². The van der Waals surface area contributed by atoms with Gasteiger partial charge in [-0.2, -0.15) is 0 Å². The SMILES string of the molecule is CC(C)(C)OC(=O)Nc1ccc(C(=O)NC2(C(=O)O)C(c3ccc(OCc4ccccc4)cc3)C2(NC(=O)c2ccc(NC(=O)OC(C)(C)C)cc2)C(=O)O)cc1. The summed E-state index contributed by atoms with van der Waals surface area (Å²) in [6.07, 6.45) is -1.48. The molecule has 0 radical (unpaired) electrons. The number of aliphatic carboxylic acids is 2. The van der Waals surface area contributed by atoms with Gasteiger partial charge >= 0.3 is 24.1 Å². The van der Waals surface area contributed by atoms with Crippen LogP contribution in [-0.2, 0) is 25.7 Å². The van der Waals surface area contributed by atoms with Crippen molar-refractivity contribution in [3.05, 3.63) is 125 Å². The van der Waals surface area contributed by atoms with E-state index in [1.165, 1.54) is 72.8 Å². The summed E-state index contributed by atoms with van der Waals surface area (Å²) < 4.78 is 16.4. The molecule has 1 saturated carbocycles. The van der Waals surface area contributed by atoms with Crippen LogP contribution in [0.1, 0.15) is 79.3 Å². The predicted molar refractivity (Wildman–Crippen MR) is 208 cm³/mol. The number of carbonyl (C=O) groups is 6. The quantitative estimate of drug-likeness (QED) is 0.0904. The minimum absolute atomic E-state index is 0.0700. The van der Waals surface area contributed by atoms with Gasteiger partial charge in [-0.25, -0.2) is 19.2 Å². The molecule has 0 saturated heterocycles. The van der Waals surface area contributed by atoms with Crippen molar-refractivity contribution in [2.45, 2.75) is 76.3 Å². The third-order valence-corrected chi connectivity index (χ3v) is 8.75. The normalized spacial score (nSPS) is 18.6. The fourth-order valence-corrected chi connectivity index (χ4v) is 6.26. The van der Waals surface area contributed by atoms with Gasteiger partial charge in [-0.1, -0.05) is 42.5 Å². The fraction of sp³-hybridized carbons (Fsp3) is 0.286. The Labute approximate surface area is 328 Å². The molecule has 4 aromatic rings. The zero-order valence-corrected chi connectivity index (χ0v) is 32.2. The van der Waals surface area contributed by atoms with Crippen LogP contribution in [0.15, 0.2) is 103 Å². The van der Waals surface area contributed by atoms with Gasteiger partial charge in [0, 0.05) is 22.5 Å². The maximum atomic E-state index is 13.8. The molecule has 57 heavy (non-hydrogen) atoms. The highest BCUT2D eigenvalue weighted by Gasteiger charge is 2.88. The van der Waals surface area contributed by atoms with Crippen molar-refractivity contribution in [2.24, 2.45) is 0 Å². The molecule has 15 heteroatoms. The molecule has 298 valence electrons. The summed E-state index contributed by atoms with van der Waals surface area (Å²) in [5, 5.41) is 31.6. The van der Waals surface area contributed by atoms with Gasteiger partial charge in [0.1, 0.15) is 23.6 Å². The van der Waals surface area contributed by atoms with Crippen LogP contribution in [0, 0.1) is 0 Å². The standard InChI is InChI=1S/C42H44N4O11/c1-39(2,3)56-37(53)43-29-18-12-27(13-19-29)33(47)45-41(35(49)50)32(26-16-22-31(23-17-26)55-24-25-10-8-7-9-11-25)42(41,36(51)52)46-34(48)28-14-20-30(21-15-28)44-38(54)57-40(4,5)6/h7-23,32H,24H2,1-6H3,(H,43,53)(H,44,54)(H,45,47)(H,46,48)(H,49,50)(H,51,52). The zero-order valence-electron chi connectivity index (χ0n) is 32.2. The van der Waals surface area contributed by atoms with E-state index in [0.29, 0.717) is 5.75 Å². The largest absolute Gasteiger partial charge is 0.489 e. The number of anilines is 2. The van der Waals surface area contributed by atoms with Crippen LogP contribution >= 0.6 is 0 Å². The highest BCUT2D eigenvalue weighted by molar-refractivity contribution is 6.12. The number of carboxylic acids is 2. The van der Waals surface area contributed by atoms with E-state index in [2.05, 4.69) is 21.3 Å². The van der Waals surface area contributed by atoms with Gasteiger partial charge in [0.2, 0.25) is 0 Å². The molecule has 4 amide bonds. The van der Waals surface area contributed by atoms with E-state index in [9.17, 15) is 39.0 Å². The lowest BCUT2D eigenvalue weighted by atomic mass is 10.0. The highest BCUT2D eigenvalue weighted by Crippen LogP contribution is 2.61. The van der Waals surface area contributed by atoms with Crippen molar-refractivity contribution in [3.63, 3.8) is 0 Å². The molecule has 4 aromatic carbocycles. The summed E-state index contributed by atoms with van der Waals surface area (Å²) >= 11 is 0. The number of hydrogen-bond donors (Lipinski definition) is 6. The van der Waals surface area contributed by atoms with E-state index in [0.717, 1.165) is 5.56 Å². The van der Waals surface area contributed by atoms with Gasteiger partial charge < -0.3 is 35.1 Å². The Balaban J connectivity index is 1.45. The molecule has 0 bridgehead atoms. The third kappa shape index (κ3) is 9.50. The number of nitrogens with one attached hydrogen (secondary N) is 4. The van der Waals surface area contributed by atoms with Crippen molar-refractivity contribution < 1.29 is 53.2 Å². The molecule has 1 aliphatic rings. The first-order valence-electron chi connectivity index (χ1n) is 17.8. The average molecular weight is 781 g/mol. The van der Waals surface area contributed by atoms with Crippen LogP contribution in [0.3, 0.4) is 0 Å². The summed E-state index contributed by atoms with van der Waals surface area (Å²) in [6, 6.07) is 26.1. The summed E-state index contributed by atoms with van der Waals surface area (Å²) in [4.78, 5) is 78.8. The third-order valence-electron chi connectivity index (χ3n) is 8.75. The molecular weight excluding hydrogens is 736 g/mol.